The lowest BCUT2D eigenvalue weighted by Gasteiger charge is -2.28. The van der Waals surface area contributed by atoms with Gasteiger partial charge in [0, 0.05) is 24.2 Å². The van der Waals surface area contributed by atoms with Gasteiger partial charge in [0.15, 0.2) is 11.5 Å². The van der Waals surface area contributed by atoms with Gasteiger partial charge in [-0.15, -0.1) is 10.2 Å². The minimum absolute atomic E-state index is 0.293. The van der Waals surface area contributed by atoms with E-state index in [0.29, 0.717) is 41.6 Å². The average molecular weight is 562 g/mol. The SMILES string of the molecule is Nc1ncnc2nc(-c3ccc(N4CCC[C@H]4COC4CCOCC4)nn3)cc(-c3cccc(Br)c3)c12. The Morgan fingerprint density at radius 1 is 1.03 bits per heavy atom. The largest absolute Gasteiger partial charge is 0.383 e. The van der Waals surface area contributed by atoms with Gasteiger partial charge >= 0.3 is 0 Å². The molecule has 2 aliphatic rings. The van der Waals surface area contributed by atoms with Crippen molar-refractivity contribution in [2.24, 2.45) is 0 Å². The Kier molecular flexibility index (Phi) is 6.95. The zero-order valence-corrected chi connectivity index (χ0v) is 22.0. The Hall–Kier alpha value is -3.21. The molecule has 0 saturated carbocycles. The van der Waals surface area contributed by atoms with Gasteiger partial charge in [0.05, 0.1) is 29.8 Å². The summed E-state index contributed by atoms with van der Waals surface area (Å²) in [6.07, 6.45) is 5.88. The van der Waals surface area contributed by atoms with E-state index in [1.54, 1.807) is 0 Å². The first-order valence-corrected chi connectivity index (χ1v) is 13.4. The number of rotatable bonds is 6. The number of pyridine rings is 1. The molecule has 0 aliphatic carbocycles. The van der Waals surface area contributed by atoms with Crippen LogP contribution in [0.2, 0.25) is 0 Å². The van der Waals surface area contributed by atoms with Crippen LogP contribution in [0.15, 0.2) is 53.3 Å². The molecule has 0 radical (unpaired) electrons. The van der Waals surface area contributed by atoms with Gasteiger partial charge in [0.2, 0.25) is 0 Å². The molecule has 1 atom stereocenters. The second-order valence-corrected chi connectivity index (χ2v) is 10.3. The summed E-state index contributed by atoms with van der Waals surface area (Å²) in [5.41, 5.74) is 10.0. The molecule has 2 fully saturated rings. The van der Waals surface area contributed by atoms with Crippen molar-refractivity contribution in [3.05, 3.63) is 53.3 Å². The van der Waals surface area contributed by atoms with E-state index in [0.717, 1.165) is 72.2 Å². The second-order valence-electron chi connectivity index (χ2n) is 9.43. The number of ether oxygens (including phenoxy) is 2. The standard InChI is InChI=1S/C27H28BrN7O2/c28-18-4-1-3-17(13-18)21-14-23(32-27-25(21)26(29)30-16-31-27)22-6-7-24(34-33-22)35-10-2-5-19(35)15-37-20-8-11-36-12-9-20/h1,3-4,6-7,13-14,16,19-20H,2,5,8-12,15H2,(H2,29,30,31,32)/t19-/m0/s1. The molecule has 37 heavy (non-hydrogen) atoms. The number of aromatic nitrogens is 5. The Morgan fingerprint density at radius 2 is 1.92 bits per heavy atom. The fourth-order valence-corrected chi connectivity index (χ4v) is 5.52. The van der Waals surface area contributed by atoms with Crippen molar-refractivity contribution in [2.75, 3.05) is 37.0 Å². The van der Waals surface area contributed by atoms with Crippen LogP contribution < -0.4 is 10.6 Å². The van der Waals surface area contributed by atoms with E-state index < -0.39 is 0 Å². The van der Waals surface area contributed by atoms with Crippen LogP contribution in [0, 0.1) is 0 Å². The molecule has 2 aliphatic heterocycles. The number of fused-ring (bicyclic) bond motifs is 1. The van der Waals surface area contributed by atoms with Crippen molar-refractivity contribution in [1.29, 1.82) is 0 Å². The fraction of sp³-hybridized carbons (Fsp3) is 0.370. The van der Waals surface area contributed by atoms with E-state index >= 15 is 0 Å². The highest BCUT2D eigenvalue weighted by Gasteiger charge is 2.28. The third kappa shape index (κ3) is 5.14. The minimum Gasteiger partial charge on any atom is -0.383 e. The van der Waals surface area contributed by atoms with Gasteiger partial charge in [-0.2, -0.15) is 0 Å². The molecular formula is C27H28BrN7O2. The van der Waals surface area contributed by atoms with E-state index in [9.17, 15) is 0 Å². The van der Waals surface area contributed by atoms with Crippen LogP contribution in [0.4, 0.5) is 11.6 Å². The number of nitrogen functional groups attached to an aromatic ring is 1. The van der Waals surface area contributed by atoms with Crippen LogP contribution in [0.25, 0.3) is 33.5 Å². The van der Waals surface area contributed by atoms with E-state index in [4.69, 9.17) is 20.2 Å². The monoisotopic (exact) mass is 561 g/mol. The maximum Gasteiger partial charge on any atom is 0.165 e. The molecule has 2 N–H and O–H groups in total. The van der Waals surface area contributed by atoms with E-state index in [1.807, 2.05) is 42.5 Å². The molecule has 190 valence electrons. The second kappa shape index (κ2) is 10.6. The molecule has 3 aromatic heterocycles. The van der Waals surface area contributed by atoms with Gasteiger partial charge < -0.3 is 20.1 Å². The maximum absolute atomic E-state index is 6.24. The zero-order valence-electron chi connectivity index (χ0n) is 20.4. The molecule has 0 amide bonds. The lowest BCUT2D eigenvalue weighted by Crippen LogP contribution is -2.36. The summed E-state index contributed by atoms with van der Waals surface area (Å²) < 4.78 is 12.6. The highest BCUT2D eigenvalue weighted by molar-refractivity contribution is 9.10. The number of benzene rings is 1. The van der Waals surface area contributed by atoms with Crippen LogP contribution in [0.5, 0.6) is 0 Å². The summed E-state index contributed by atoms with van der Waals surface area (Å²) in [5.74, 6) is 1.25. The molecule has 0 unspecified atom stereocenters. The molecule has 0 bridgehead atoms. The summed E-state index contributed by atoms with van der Waals surface area (Å²) in [6, 6.07) is 14.3. The van der Waals surface area contributed by atoms with Crippen LogP contribution in [-0.4, -0.2) is 63.7 Å². The lowest BCUT2D eigenvalue weighted by atomic mass is 10.0. The quantitative estimate of drug-likeness (QED) is 0.359. The number of hydrogen-bond acceptors (Lipinski definition) is 9. The summed E-state index contributed by atoms with van der Waals surface area (Å²) in [4.78, 5) is 15.6. The van der Waals surface area contributed by atoms with Gasteiger partial charge in [0.25, 0.3) is 0 Å². The summed E-state index contributed by atoms with van der Waals surface area (Å²) >= 11 is 3.56. The molecular weight excluding hydrogens is 534 g/mol. The third-order valence-corrected chi connectivity index (χ3v) is 7.54. The van der Waals surface area contributed by atoms with E-state index in [1.165, 1.54) is 6.33 Å². The smallest absolute Gasteiger partial charge is 0.165 e. The molecule has 10 heteroatoms. The van der Waals surface area contributed by atoms with Crippen LogP contribution in [-0.2, 0) is 9.47 Å². The summed E-state index contributed by atoms with van der Waals surface area (Å²) in [5, 5.41) is 9.88. The molecule has 5 heterocycles. The van der Waals surface area contributed by atoms with Crippen molar-refractivity contribution in [3.63, 3.8) is 0 Å². The molecule has 9 nitrogen and oxygen atoms in total. The summed E-state index contributed by atoms with van der Waals surface area (Å²) in [7, 11) is 0. The Balaban J connectivity index is 1.28. The molecule has 2 saturated heterocycles. The molecule has 0 spiro atoms. The van der Waals surface area contributed by atoms with Crippen molar-refractivity contribution in [2.45, 2.75) is 37.8 Å². The van der Waals surface area contributed by atoms with Crippen molar-refractivity contribution >= 4 is 38.6 Å². The maximum atomic E-state index is 6.24. The first kappa shape index (κ1) is 24.1. The Morgan fingerprint density at radius 3 is 2.73 bits per heavy atom. The predicted molar refractivity (Wildman–Crippen MR) is 146 cm³/mol. The normalized spacial score (nSPS) is 18.5. The highest BCUT2D eigenvalue weighted by atomic mass is 79.9. The van der Waals surface area contributed by atoms with Gasteiger partial charge in [-0.3, -0.25) is 0 Å². The van der Waals surface area contributed by atoms with E-state index in [2.05, 4.69) is 41.0 Å². The van der Waals surface area contributed by atoms with Gasteiger partial charge in [-0.05, 0) is 67.1 Å². The zero-order chi connectivity index (χ0) is 25.2. The molecule has 6 rings (SSSR count). The number of anilines is 2. The first-order chi connectivity index (χ1) is 18.2. The number of hydrogen-bond donors (Lipinski definition) is 1. The molecule has 4 aromatic rings. The Bertz CT molecular complexity index is 1400. The van der Waals surface area contributed by atoms with Crippen molar-refractivity contribution in [3.8, 4) is 22.5 Å². The molecule has 1 aromatic carbocycles. The number of nitrogens with zero attached hydrogens (tertiary/aromatic N) is 6. The summed E-state index contributed by atoms with van der Waals surface area (Å²) in [6.45, 7) is 3.23. The van der Waals surface area contributed by atoms with Crippen LogP contribution in [0.3, 0.4) is 0 Å². The highest BCUT2D eigenvalue weighted by Crippen LogP contribution is 2.34. The van der Waals surface area contributed by atoms with E-state index in [-0.39, 0.29) is 0 Å². The predicted octanol–water partition coefficient (Wildman–Crippen LogP) is 4.66. The van der Waals surface area contributed by atoms with Gasteiger partial charge in [0.1, 0.15) is 17.8 Å². The minimum atomic E-state index is 0.293. The Labute approximate surface area is 223 Å². The fourth-order valence-electron chi connectivity index (χ4n) is 5.12. The van der Waals surface area contributed by atoms with Crippen molar-refractivity contribution < 1.29 is 9.47 Å². The number of nitrogens with two attached hydrogens (primary N) is 1. The topological polar surface area (TPSA) is 112 Å². The lowest BCUT2D eigenvalue weighted by molar-refractivity contribution is -0.0353. The van der Waals surface area contributed by atoms with Crippen LogP contribution in [0.1, 0.15) is 25.7 Å². The van der Waals surface area contributed by atoms with Gasteiger partial charge in [-0.1, -0.05) is 28.1 Å². The van der Waals surface area contributed by atoms with Crippen molar-refractivity contribution in [1.82, 2.24) is 25.1 Å². The first-order valence-electron chi connectivity index (χ1n) is 12.6. The third-order valence-electron chi connectivity index (χ3n) is 7.05. The number of halogens is 1. The average Bonchev–Trinajstić information content (AvgIpc) is 3.41. The van der Waals surface area contributed by atoms with Gasteiger partial charge in [-0.25, -0.2) is 15.0 Å². The van der Waals surface area contributed by atoms with Crippen LogP contribution >= 0.6 is 15.9 Å².